The molecular formula is C10H11IN4O. The van der Waals surface area contributed by atoms with Gasteiger partial charge in [-0.1, -0.05) is 0 Å². The van der Waals surface area contributed by atoms with Crippen molar-refractivity contribution in [3.05, 3.63) is 31.5 Å². The van der Waals surface area contributed by atoms with Gasteiger partial charge >= 0.3 is 0 Å². The number of aryl methyl sites for hydroxylation is 3. The van der Waals surface area contributed by atoms with Crippen LogP contribution < -0.4 is 5.56 Å². The molecule has 0 aliphatic heterocycles. The van der Waals surface area contributed by atoms with Crippen molar-refractivity contribution in [3.8, 4) is 11.4 Å². The van der Waals surface area contributed by atoms with Crippen LogP contribution in [0.15, 0.2) is 11.0 Å². The van der Waals surface area contributed by atoms with Gasteiger partial charge in [0.25, 0.3) is 5.56 Å². The van der Waals surface area contributed by atoms with Crippen LogP contribution in [-0.4, -0.2) is 19.7 Å². The number of H-pyrrole nitrogens is 1. The largest absolute Gasteiger partial charge is 0.305 e. The van der Waals surface area contributed by atoms with E-state index in [0.717, 1.165) is 17.0 Å². The molecule has 0 bridgehead atoms. The van der Waals surface area contributed by atoms with Crippen LogP contribution in [0.1, 0.15) is 11.4 Å². The first-order valence-electron chi connectivity index (χ1n) is 4.76. The first-order chi connectivity index (χ1) is 7.49. The highest BCUT2D eigenvalue weighted by molar-refractivity contribution is 14.1. The second-order valence-electron chi connectivity index (χ2n) is 3.62. The predicted molar refractivity (Wildman–Crippen MR) is 69.3 cm³/mol. The summed E-state index contributed by atoms with van der Waals surface area (Å²) in [5, 5.41) is 4.22. The Morgan fingerprint density at radius 2 is 2.06 bits per heavy atom. The Bertz CT molecular complexity index is 599. The average molecular weight is 330 g/mol. The zero-order valence-corrected chi connectivity index (χ0v) is 11.4. The van der Waals surface area contributed by atoms with Crippen LogP contribution in [-0.2, 0) is 7.05 Å². The number of halogens is 1. The molecule has 0 saturated heterocycles. The summed E-state index contributed by atoms with van der Waals surface area (Å²) in [6.45, 7) is 3.72. The predicted octanol–water partition coefficient (Wildman–Crippen LogP) is 1.39. The van der Waals surface area contributed by atoms with Gasteiger partial charge in [0.05, 0.1) is 20.5 Å². The quantitative estimate of drug-likeness (QED) is 0.804. The molecule has 2 aromatic rings. The lowest BCUT2D eigenvalue weighted by Crippen LogP contribution is -2.14. The summed E-state index contributed by atoms with van der Waals surface area (Å²) in [6.07, 6.45) is 1.85. The molecule has 1 N–H and O–H groups in total. The SMILES string of the molecule is Cc1nn(C)cc1-c1nc(C)c(I)c(=O)[nH]1. The average Bonchev–Trinajstić information content (AvgIpc) is 2.53. The molecule has 2 rings (SSSR count). The number of nitrogens with zero attached hydrogens (tertiary/aromatic N) is 3. The van der Waals surface area contributed by atoms with Gasteiger partial charge in [0.2, 0.25) is 0 Å². The Hall–Kier alpha value is -1.18. The van der Waals surface area contributed by atoms with Crippen molar-refractivity contribution in [2.75, 3.05) is 0 Å². The van der Waals surface area contributed by atoms with Crippen molar-refractivity contribution in [2.24, 2.45) is 7.05 Å². The minimum absolute atomic E-state index is 0.105. The topological polar surface area (TPSA) is 63.6 Å². The normalized spacial score (nSPS) is 10.8. The van der Waals surface area contributed by atoms with Crippen LogP contribution in [0.5, 0.6) is 0 Å². The van der Waals surface area contributed by atoms with Crippen LogP contribution in [0.4, 0.5) is 0 Å². The van der Waals surface area contributed by atoms with E-state index in [1.807, 2.05) is 49.7 Å². The minimum Gasteiger partial charge on any atom is -0.305 e. The molecule has 0 aliphatic rings. The number of hydrogen-bond acceptors (Lipinski definition) is 3. The molecule has 2 aromatic heterocycles. The summed E-state index contributed by atoms with van der Waals surface area (Å²) >= 11 is 1.99. The van der Waals surface area contributed by atoms with E-state index in [0.29, 0.717) is 9.39 Å². The second kappa shape index (κ2) is 4.00. The molecule has 0 saturated carbocycles. The second-order valence-corrected chi connectivity index (χ2v) is 4.69. The Balaban J connectivity index is 2.66. The van der Waals surface area contributed by atoms with Gasteiger partial charge in [-0.2, -0.15) is 5.10 Å². The highest BCUT2D eigenvalue weighted by atomic mass is 127. The van der Waals surface area contributed by atoms with E-state index in [-0.39, 0.29) is 5.56 Å². The molecule has 84 valence electrons. The molecule has 2 heterocycles. The van der Waals surface area contributed by atoms with E-state index in [4.69, 9.17) is 0 Å². The number of aromatic nitrogens is 4. The summed E-state index contributed by atoms with van der Waals surface area (Å²) < 4.78 is 2.33. The standard InChI is InChI=1S/C10H11IN4O/c1-5-7(4-15(3)14-5)9-12-6(2)8(11)10(16)13-9/h4H,1-3H3,(H,12,13,16). The molecule has 0 fully saturated rings. The van der Waals surface area contributed by atoms with Gasteiger partial charge in [0, 0.05) is 13.2 Å². The fraction of sp³-hybridized carbons (Fsp3) is 0.300. The minimum atomic E-state index is -0.105. The third-order valence-electron chi connectivity index (χ3n) is 2.30. The maximum Gasteiger partial charge on any atom is 0.264 e. The Morgan fingerprint density at radius 1 is 1.38 bits per heavy atom. The molecule has 0 aromatic carbocycles. The van der Waals surface area contributed by atoms with Gasteiger partial charge in [-0.05, 0) is 36.4 Å². The first kappa shape index (κ1) is 11.3. The Labute approximate surface area is 106 Å². The molecule has 0 aliphatic carbocycles. The van der Waals surface area contributed by atoms with E-state index in [9.17, 15) is 4.79 Å². The highest BCUT2D eigenvalue weighted by Crippen LogP contribution is 2.17. The third kappa shape index (κ3) is 1.89. The maximum absolute atomic E-state index is 11.6. The first-order valence-corrected chi connectivity index (χ1v) is 5.84. The van der Waals surface area contributed by atoms with Crippen LogP contribution in [0.2, 0.25) is 0 Å². The maximum atomic E-state index is 11.6. The zero-order valence-electron chi connectivity index (χ0n) is 9.21. The summed E-state index contributed by atoms with van der Waals surface area (Å²) in [5.74, 6) is 0.577. The van der Waals surface area contributed by atoms with Crippen LogP contribution in [0.3, 0.4) is 0 Å². The fourth-order valence-electron chi connectivity index (χ4n) is 1.53. The van der Waals surface area contributed by atoms with Gasteiger partial charge in [-0.15, -0.1) is 0 Å². The molecule has 0 radical (unpaired) electrons. The van der Waals surface area contributed by atoms with Gasteiger partial charge in [0.15, 0.2) is 0 Å². The van der Waals surface area contributed by atoms with Crippen molar-refractivity contribution in [2.45, 2.75) is 13.8 Å². The van der Waals surface area contributed by atoms with Gasteiger partial charge < -0.3 is 4.98 Å². The Morgan fingerprint density at radius 3 is 2.56 bits per heavy atom. The van der Waals surface area contributed by atoms with E-state index < -0.39 is 0 Å². The highest BCUT2D eigenvalue weighted by Gasteiger charge is 2.11. The van der Waals surface area contributed by atoms with Gasteiger partial charge in [-0.3, -0.25) is 9.48 Å². The number of hydrogen-bond donors (Lipinski definition) is 1. The monoisotopic (exact) mass is 330 g/mol. The van der Waals surface area contributed by atoms with Crippen molar-refractivity contribution in [3.63, 3.8) is 0 Å². The van der Waals surface area contributed by atoms with Crippen LogP contribution in [0, 0.1) is 17.4 Å². The fourth-order valence-corrected chi connectivity index (χ4v) is 1.79. The lowest BCUT2D eigenvalue weighted by Gasteiger charge is -2.01. The smallest absolute Gasteiger partial charge is 0.264 e. The third-order valence-corrected chi connectivity index (χ3v) is 3.57. The number of aromatic amines is 1. The van der Waals surface area contributed by atoms with E-state index >= 15 is 0 Å². The zero-order chi connectivity index (χ0) is 11.9. The van der Waals surface area contributed by atoms with Crippen molar-refractivity contribution >= 4 is 22.6 Å². The van der Waals surface area contributed by atoms with Crippen molar-refractivity contribution in [1.29, 1.82) is 0 Å². The van der Waals surface area contributed by atoms with Crippen LogP contribution >= 0.6 is 22.6 Å². The molecule has 0 unspecified atom stereocenters. The summed E-state index contributed by atoms with van der Waals surface area (Å²) in [4.78, 5) is 18.7. The van der Waals surface area contributed by atoms with E-state index in [1.54, 1.807) is 4.68 Å². The lowest BCUT2D eigenvalue weighted by molar-refractivity contribution is 0.756. The van der Waals surface area contributed by atoms with Crippen LogP contribution in [0.25, 0.3) is 11.4 Å². The molecule has 6 heteroatoms. The molecule has 0 spiro atoms. The Kier molecular flexibility index (Phi) is 2.83. The number of nitrogens with one attached hydrogen (secondary N) is 1. The van der Waals surface area contributed by atoms with E-state index in [1.165, 1.54) is 0 Å². The molecule has 16 heavy (non-hydrogen) atoms. The van der Waals surface area contributed by atoms with Crippen molar-refractivity contribution < 1.29 is 0 Å². The summed E-state index contributed by atoms with van der Waals surface area (Å²) in [7, 11) is 1.84. The molecule has 0 amide bonds. The summed E-state index contributed by atoms with van der Waals surface area (Å²) in [6, 6.07) is 0. The van der Waals surface area contributed by atoms with Crippen molar-refractivity contribution in [1.82, 2.24) is 19.7 Å². The number of rotatable bonds is 1. The molecular weight excluding hydrogens is 319 g/mol. The van der Waals surface area contributed by atoms with E-state index in [2.05, 4.69) is 15.1 Å². The van der Waals surface area contributed by atoms with Gasteiger partial charge in [-0.25, -0.2) is 4.98 Å². The van der Waals surface area contributed by atoms with Gasteiger partial charge in [0.1, 0.15) is 5.82 Å². The molecule has 0 atom stereocenters. The molecule has 5 nitrogen and oxygen atoms in total. The summed E-state index contributed by atoms with van der Waals surface area (Å²) in [5.41, 5.74) is 2.35. The lowest BCUT2D eigenvalue weighted by atomic mass is 10.2.